The second-order valence-corrected chi connectivity index (χ2v) is 7.95. The molecule has 1 aliphatic heterocycles. The summed E-state index contributed by atoms with van der Waals surface area (Å²) < 4.78 is 0. The number of rotatable bonds is 3. The Hall–Kier alpha value is -1.59. The Bertz CT molecular complexity index is 662. The number of carbonyl (C=O) groups is 2. The first-order chi connectivity index (χ1) is 11.9. The normalized spacial score (nSPS) is 27.5. The Morgan fingerprint density at radius 1 is 1.36 bits per heavy atom. The molecule has 2 N–H and O–H groups in total. The maximum atomic E-state index is 12.9. The van der Waals surface area contributed by atoms with Gasteiger partial charge in [0.2, 0.25) is 11.8 Å². The van der Waals surface area contributed by atoms with Crippen molar-refractivity contribution in [2.24, 2.45) is 11.7 Å². The van der Waals surface area contributed by atoms with E-state index in [1.165, 1.54) is 0 Å². The number of hydrogen-bond acceptors (Lipinski definition) is 3. The van der Waals surface area contributed by atoms with Gasteiger partial charge < -0.3 is 15.5 Å². The van der Waals surface area contributed by atoms with Crippen LogP contribution in [0.15, 0.2) is 24.3 Å². The topological polar surface area (TPSA) is 66.6 Å². The molecule has 1 aromatic carbocycles. The maximum absolute atomic E-state index is 12.9. The fourth-order valence-corrected chi connectivity index (χ4v) is 4.12. The van der Waals surface area contributed by atoms with E-state index in [0.29, 0.717) is 24.7 Å². The number of halogens is 1. The Kier molecular flexibility index (Phi) is 5.35. The van der Waals surface area contributed by atoms with Crippen LogP contribution in [0.25, 0.3) is 0 Å². The lowest BCUT2D eigenvalue weighted by Gasteiger charge is -2.42. The molecule has 2 atom stereocenters. The zero-order chi connectivity index (χ0) is 18.0. The van der Waals surface area contributed by atoms with Gasteiger partial charge in [0.05, 0.1) is 12.5 Å². The highest BCUT2D eigenvalue weighted by atomic mass is 35.5. The lowest BCUT2D eigenvalue weighted by atomic mass is 9.74. The van der Waals surface area contributed by atoms with Crippen molar-refractivity contribution < 1.29 is 9.59 Å². The number of nitrogens with two attached hydrogens (primary N) is 1. The molecule has 5 nitrogen and oxygen atoms in total. The van der Waals surface area contributed by atoms with E-state index in [9.17, 15) is 9.59 Å². The molecule has 25 heavy (non-hydrogen) atoms. The third-order valence-electron chi connectivity index (χ3n) is 5.45. The first-order valence-corrected chi connectivity index (χ1v) is 9.34. The molecule has 1 aliphatic carbocycles. The van der Waals surface area contributed by atoms with Crippen LogP contribution in [0.4, 0.5) is 0 Å². The van der Waals surface area contributed by atoms with Crippen LogP contribution in [0, 0.1) is 5.92 Å². The van der Waals surface area contributed by atoms with Gasteiger partial charge in [0, 0.05) is 30.2 Å². The number of carbonyl (C=O) groups excluding carboxylic acids is 2. The van der Waals surface area contributed by atoms with Crippen LogP contribution in [0.5, 0.6) is 0 Å². The quantitative estimate of drug-likeness (QED) is 0.896. The molecule has 136 valence electrons. The predicted octanol–water partition coefficient (Wildman–Crippen LogP) is 2.42. The number of hydrogen-bond donors (Lipinski definition) is 1. The van der Waals surface area contributed by atoms with Gasteiger partial charge in [-0.25, -0.2) is 0 Å². The Morgan fingerprint density at radius 2 is 2.16 bits per heavy atom. The first-order valence-electron chi connectivity index (χ1n) is 8.97. The third kappa shape index (κ3) is 4.15. The van der Waals surface area contributed by atoms with Crippen LogP contribution < -0.4 is 5.73 Å². The minimum absolute atomic E-state index is 0.0193. The van der Waals surface area contributed by atoms with Gasteiger partial charge in [0.15, 0.2) is 0 Å². The fraction of sp³-hybridized carbons (Fsp3) is 0.579. The van der Waals surface area contributed by atoms with Gasteiger partial charge in [-0.3, -0.25) is 9.59 Å². The van der Waals surface area contributed by atoms with Crippen LogP contribution in [0.1, 0.15) is 38.2 Å². The zero-order valence-corrected chi connectivity index (χ0v) is 15.5. The number of benzene rings is 1. The molecule has 6 heteroatoms. The van der Waals surface area contributed by atoms with E-state index in [-0.39, 0.29) is 24.3 Å². The second kappa shape index (κ2) is 7.34. The third-order valence-corrected chi connectivity index (χ3v) is 5.68. The minimum atomic E-state index is -0.462. The minimum Gasteiger partial charge on any atom is -0.335 e. The molecule has 1 aromatic rings. The lowest BCUT2D eigenvalue weighted by molar-refractivity contribution is -0.150. The lowest BCUT2D eigenvalue weighted by Crippen LogP contribution is -2.58. The van der Waals surface area contributed by atoms with Crippen LogP contribution in [-0.4, -0.2) is 46.8 Å². The van der Waals surface area contributed by atoms with Gasteiger partial charge in [0.25, 0.3) is 0 Å². The van der Waals surface area contributed by atoms with E-state index < -0.39 is 5.54 Å². The molecule has 2 aliphatic rings. The van der Waals surface area contributed by atoms with E-state index >= 15 is 0 Å². The largest absolute Gasteiger partial charge is 0.335 e. The molecule has 1 heterocycles. The van der Waals surface area contributed by atoms with Gasteiger partial charge in [-0.05, 0) is 37.5 Å². The highest BCUT2D eigenvalue weighted by Gasteiger charge is 2.41. The van der Waals surface area contributed by atoms with Crippen LogP contribution in [0.3, 0.4) is 0 Å². The van der Waals surface area contributed by atoms with Gasteiger partial charge >= 0.3 is 0 Å². The van der Waals surface area contributed by atoms with E-state index in [1.807, 2.05) is 31.2 Å². The fourth-order valence-electron chi connectivity index (χ4n) is 3.90. The SMILES string of the molecule is CC1(N)CCCCC1C(=O)N1CCN(Cc2cccc(Cl)c2)C(=O)C1. The van der Waals surface area contributed by atoms with E-state index in [4.69, 9.17) is 17.3 Å². The summed E-state index contributed by atoms with van der Waals surface area (Å²) in [5.41, 5.74) is 6.89. The summed E-state index contributed by atoms with van der Waals surface area (Å²) in [7, 11) is 0. The van der Waals surface area contributed by atoms with Gasteiger partial charge in [0.1, 0.15) is 0 Å². The first kappa shape index (κ1) is 18.2. The van der Waals surface area contributed by atoms with Crippen molar-refractivity contribution in [1.82, 2.24) is 9.80 Å². The highest BCUT2D eigenvalue weighted by Crippen LogP contribution is 2.33. The Labute approximate surface area is 154 Å². The molecule has 2 unspecified atom stereocenters. The smallest absolute Gasteiger partial charge is 0.242 e. The summed E-state index contributed by atoms with van der Waals surface area (Å²) in [6.45, 7) is 3.75. The Balaban J connectivity index is 1.61. The maximum Gasteiger partial charge on any atom is 0.242 e. The standard InChI is InChI=1S/C19H26ClN3O2/c1-19(21)8-3-2-7-16(19)18(25)23-10-9-22(17(24)13-23)12-14-5-4-6-15(20)11-14/h4-6,11,16H,2-3,7-10,12-13,21H2,1H3. The molecular weight excluding hydrogens is 338 g/mol. The number of amides is 2. The van der Waals surface area contributed by atoms with Crippen molar-refractivity contribution in [3.8, 4) is 0 Å². The summed E-state index contributed by atoms with van der Waals surface area (Å²) in [4.78, 5) is 28.9. The van der Waals surface area contributed by atoms with Crippen molar-refractivity contribution in [1.29, 1.82) is 0 Å². The second-order valence-electron chi connectivity index (χ2n) is 7.51. The summed E-state index contributed by atoms with van der Waals surface area (Å²) in [5, 5.41) is 0.665. The highest BCUT2D eigenvalue weighted by molar-refractivity contribution is 6.30. The number of piperazine rings is 1. The summed E-state index contributed by atoms with van der Waals surface area (Å²) in [5.74, 6) is -0.150. The van der Waals surface area contributed by atoms with Crippen LogP contribution >= 0.6 is 11.6 Å². The molecule has 3 rings (SSSR count). The van der Waals surface area contributed by atoms with Crippen molar-refractivity contribution in [2.75, 3.05) is 19.6 Å². The van der Waals surface area contributed by atoms with Gasteiger partial charge in [-0.15, -0.1) is 0 Å². The van der Waals surface area contributed by atoms with Gasteiger partial charge in [-0.2, -0.15) is 0 Å². The summed E-state index contributed by atoms with van der Waals surface area (Å²) in [6.07, 6.45) is 3.80. The molecular formula is C19H26ClN3O2. The molecule has 2 amide bonds. The molecule has 1 saturated heterocycles. The van der Waals surface area contributed by atoms with Crippen LogP contribution in [0.2, 0.25) is 5.02 Å². The summed E-state index contributed by atoms with van der Waals surface area (Å²) in [6, 6.07) is 7.53. The van der Waals surface area contributed by atoms with Crippen LogP contribution in [-0.2, 0) is 16.1 Å². The van der Waals surface area contributed by atoms with Crippen molar-refractivity contribution in [3.05, 3.63) is 34.9 Å². The van der Waals surface area contributed by atoms with E-state index in [1.54, 1.807) is 9.80 Å². The van der Waals surface area contributed by atoms with Crippen molar-refractivity contribution in [2.45, 2.75) is 44.7 Å². The average Bonchev–Trinajstić information content (AvgIpc) is 2.56. The number of nitrogens with zero attached hydrogens (tertiary/aromatic N) is 2. The van der Waals surface area contributed by atoms with Crippen molar-refractivity contribution >= 4 is 23.4 Å². The Morgan fingerprint density at radius 3 is 2.84 bits per heavy atom. The predicted molar refractivity (Wildman–Crippen MR) is 98.0 cm³/mol. The monoisotopic (exact) mass is 363 g/mol. The molecule has 0 radical (unpaired) electrons. The molecule has 0 spiro atoms. The van der Waals surface area contributed by atoms with E-state index in [0.717, 1.165) is 31.2 Å². The zero-order valence-electron chi connectivity index (χ0n) is 14.7. The van der Waals surface area contributed by atoms with E-state index in [2.05, 4.69) is 0 Å². The molecule has 0 bridgehead atoms. The molecule has 1 saturated carbocycles. The molecule has 0 aromatic heterocycles. The average molecular weight is 364 g/mol. The van der Waals surface area contributed by atoms with Gasteiger partial charge in [-0.1, -0.05) is 36.6 Å². The molecule has 2 fully saturated rings. The van der Waals surface area contributed by atoms with Crippen molar-refractivity contribution in [3.63, 3.8) is 0 Å². The summed E-state index contributed by atoms with van der Waals surface area (Å²) >= 11 is 6.01.